The van der Waals surface area contributed by atoms with Gasteiger partial charge in [-0.1, -0.05) is 33.8 Å². The molecule has 2 N–H and O–H groups in total. The molecule has 1 nitrogen and oxygen atoms in total. The standard InChI is InChI=1S/C15H25N/c1-6-10(4)14-11(5)15(16)13(8-3)9-12(14)7-2/h9-10H,6-8,16H2,1-5H3. The largest absolute Gasteiger partial charge is 0.398 e. The third-order valence-electron chi connectivity index (χ3n) is 3.72. The van der Waals surface area contributed by atoms with E-state index in [0.29, 0.717) is 5.92 Å². The molecule has 1 unspecified atom stereocenters. The third kappa shape index (κ3) is 2.23. The van der Waals surface area contributed by atoms with E-state index in [9.17, 15) is 0 Å². The van der Waals surface area contributed by atoms with Gasteiger partial charge in [0.25, 0.3) is 0 Å². The molecular formula is C15H25N. The van der Waals surface area contributed by atoms with E-state index in [2.05, 4.69) is 40.7 Å². The van der Waals surface area contributed by atoms with E-state index in [-0.39, 0.29) is 0 Å². The summed E-state index contributed by atoms with van der Waals surface area (Å²) in [4.78, 5) is 0. The molecule has 16 heavy (non-hydrogen) atoms. The van der Waals surface area contributed by atoms with E-state index >= 15 is 0 Å². The van der Waals surface area contributed by atoms with Crippen LogP contribution in [0.4, 0.5) is 5.69 Å². The number of nitrogen functional groups attached to an aromatic ring is 1. The summed E-state index contributed by atoms with van der Waals surface area (Å²) < 4.78 is 0. The number of anilines is 1. The van der Waals surface area contributed by atoms with Crippen LogP contribution in [0.2, 0.25) is 0 Å². The van der Waals surface area contributed by atoms with Gasteiger partial charge in [-0.05, 0) is 54.4 Å². The molecule has 0 radical (unpaired) electrons. The Morgan fingerprint density at radius 2 is 1.69 bits per heavy atom. The van der Waals surface area contributed by atoms with Crippen LogP contribution in [0, 0.1) is 6.92 Å². The van der Waals surface area contributed by atoms with Gasteiger partial charge in [-0.2, -0.15) is 0 Å². The number of hydrogen-bond acceptors (Lipinski definition) is 1. The van der Waals surface area contributed by atoms with E-state index in [1.54, 1.807) is 0 Å². The van der Waals surface area contributed by atoms with Gasteiger partial charge in [0.05, 0.1) is 0 Å². The Labute approximate surface area is 100 Å². The summed E-state index contributed by atoms with van der Waals surface area (Å²) in [6.07, 6.45) is 3.31. The van der Waals surface area contributed by atoms with Gasteiger partial charge >= 0.3 is 0 Å². The number of aryl methyl sites for hydroxylation is 2. The predicted octanol–water partition coefficient (Wildman–Crippen LogP) is 4.22. The fraction of sp³-hybridized carbons (Fsp3) is 0.600. The average molecular weight is 219 g/mol. The van der Waals surface area contributed by atoms with E-state index in [1.165, 1.54) is 28.7 Å². The first-order valence-corrected chi connectivity index (χ1v) is 6.47. The van der Waals surface area contributed by atoms with Crippen molar-refractivity contribution in [1.82, 2.24) is 0 Å². The Kier molecular flexibility index (Phi) is 4.40. The molecule has 1 rings (SSSR count). The number of nitrogens with two attached hydrogens (primary N) is 1. The SMILES string of the molecule is CCc1cc(CC)c(C(C)CC)c(C)c1N. The summed E-state index contributed by atoms with van der Waals surface area (Å²) in [6, 6.07) is 2.31. The van der Waals surface area contributed by atoms with Gasteiger partial charge < -0.3 is 5.73 Å². The molecule has 0 fully saturated rings. The van der Waals surface area contributed by atoms with Crippen molar-refractivity contribution in [2.24, 2.45) is 0 Å². The predicted molar refractivity (Wildman–Crippen MR) is 73.1 cm³/mol. The molecule has 0 bridgehead atoms. The maximum absolute atomic E-state index is 6.21. The number of rotatable bonds is 4. The molecule has 1 aromatic carbocycles. The zero-order valence-corrected chi connectivity index (χ0v) is 11.4. The number of benzene rings is 1. The van der Waals surface area contributed by atoms with E-state index in [1.807, 2.05) is 0 Å². The second kappa shape index (κ2) is 5.38. The van der Waals surface area contributed by atoms with Crippen molar-refractivity contribution in [3.63, 3.8) is 0 Å². The minimum absolute atomic E-state index is 0.614. The molecule has 0 saturated carbocycles. The minimum atomic E-state index is 0.614. The second-order valence-corrected chi connectivity index (χ2v) is 4.66. The van der Waals surface area contributed by atoms with Crippen molar-refractivity contribution in [3.05, 3.63) is 28.3 Å². The molecular weight excluding hydrogens is 194 g/mol. The fourth-order valence-electron chi connectivity index (χ4n) is 2.47. The highest BCUT2D eigenvalue weighted by molar-refractivity contribution is 5.60. The summed E-state index contributed by atoms with van der Waals surface area (Å²) in [7, 11) is 0. The molecule has 0 aromatic heterocycles. The Hall–Kier alpha value is -0.980. The minimum Gasteiger partial charge on any atom is -0.398 e. The quantitative estimate of drug-likeness (QED) is 0.754. The molecule has 1 heteroatoms. The van der Waals surface area contributed by atoms with Crippen molar-refractivity contribution in [3.8, 4) is 0 Å². The van der Waals surface area contributed by atoms with Crippen molar-refractivity contribution < 1.29 is 0 Å². The van der Waals surface area contributed by atoms with Gasteiger partial charge in [0.2, 0.25) is 0 Å². The number of hydrogen-bond donors (Lipinski definition) is 1. The Bertz CT molecular complexity index is 366. The molecule has 0 aliphatic rings. The van der Waals surface area contributed by atoms with Crippen LogP contribution in [0.1, 0.15) is 62.3 Å². The van der Waals surface area contributed by atoms with Crippen LogP contribution in [-0.4, -0.2) is 0 Å². The highest BCUT2D eigenvalue weighted by Gasteiger charge is 2.15. The van der Waals surface area contributed by atoms with E-state index in [0.717, 1.165) is 18.5 Å². The summed E-state index contributed by atoms with van der Waals surface area (Å²) in [6.45, 7) is 11.1. The van der Waals surface area contributed by atoms with Gasteiger partial charge in [0, 0.05) is 5.69 Å². The molecule has 0 saturated heterocycles. The highest BCUT2D eigenvalue weighted by atomic mass is 14.6. The first-order chi connectivity index (χ1) is 7.56. The van der Waals surface area contributed by atoms with Gasteiger partial charge in [-0.15, -0.1) is 0 Å². The van der Waals surface area contributed by atoms with Crippen molar-refractivity contribution in [2.45, 2.75) is 59.8 Å². The first-order valence-electron chi connectivity index (χ1n) is 6.47. The summed E-state index contributed by atoms with van der Waals surface area (Å²) in [5, 5.41) is 0. The zero-order chi connectivity index (χ0) is 12.3. The maximum Gasteiger partial charge on any atom is 0.0379 e. The first kappa shape index (κ1) is 13.1. The molecule has 1 atom stereocenters. The fourth-order valence-corrected chi connectivity index (χ4v) is 2.47. The smallest absolute Gasteiger partial charge is 0.0379 e. The Morgan fingerprint density at radius 3 is 2.12 bits per heavy atom. The molecule has 0 amide bonds. The molecule has 0 aliphatic heterocycles. The van der Waals surface area contributed by atoms with Gasteiger partial charge in [0.15, 0.2) is 0 Å². The van der Waals surface area contributed by atoms with Crippen LogP contribution >= 0.6 is 0 Å². The normalized spacial score (nSPS) is 12.8. The maximum atomic E-state index is 6.21. The van der Waals surface area contributed by atoms with Crippen molar-refractivity contribution >= 4 is 5.69 Å². The molecule has 0 heterocycles. The van der Waals surface area contributed by atoms with Crippen molar-refractivity contribution in [2.75, 3.05) is 5.73 Å². The molecule has 0 aliphatic carbocycles. The highest BCUT2D eigenvalue weighted by Crippen LogP contribution is 2.32. The lowest BCUT2D eigenvalue weighted by Gasteiger charge is -2.21. The van der Waals surface area contributed by atoms with Gasteiger partial charge in [0.1, 0.15) is 0 Å². The average Bonchev–Trinajstić information content (AvgIpc) is 2.31. The van der Waals surface area contributed by atoms with Crippen LogP contribution in [-0.2, 0) is 12.8 Å². The summed E-state index contributed by atoms with van der Waals surface area (Å²) in [5.41, 5.74) is 12.8. The molecule has 90 valence electrons. The summed E-state index contributed by atoms with van der Waals surface area (Å²) in [5.74, 6) is 0.614. The Balaban J connectivity index is 3.41. The lowest BCUT2D eigenvalue weighted by molar-refractivity contribution is 0.717. The van der Waals surface area contributed by atoms with Crippen LogP contribution in [0.25, 0.3) is 0 Å². The van der Waals surface area contributed by atoms with E-state index < -0.39 is 0 Å². The third-order valence-corrected chi connectivity index (χ3v) is 3.72. The molecule has 1 aromatic rings. The van der Waals surface area contributed by atoms with Crippen LogP contribution in [0.5, 0.6) is 0 Å². The lowest BCUT2D eigenvalue weighted by Crippen LogP contribution is -2.07. The van der Waals surface area contributed by atoms with Crippen LogP contribution in [0.15, 0.2) is 6.07 Å². The zero-order valence-electron chi connectivity index (χ0n) is 11.4. The van der Waals surface area contributed by atoms with Crippen LogP contribution in [0.3, 0.4) is 0 Å². The van der Waals surface area contributed by atoms with Crippen molar-refractivity contribution in [1.29, 1.82) is 0 Å². The van der Waals surface area contributed by atoms with E-state index in [4.69, 9.17) is 5.73 Å². The Morgan fingerprint density at radius 1 is 1.12 bits per heavy atom. The van der Waals surface area contributed by atoms with Gasteiger partial charge in [-0.25, -0.2) is 0 Å². The second-order valence-electron chi connectivity index (χ2n) is 4.66. The topological polar surface area (TPSA) is 26.0 Å². The van der Waals surface area contributed by atoms with Gasteiger partial charge in [-0.3, -0.25) is 0 Å². The lowest BCUT2D eigenvalue weighted by atomic mass is 9.85. The van der Waals surface area contributed by atoms with Crippen LogP contribution < -0.4 is 5.73 Å². The monoisotopic (exact) mass is 219 g/mol. The molecule has 0 spiro atoms. The summed E-state index contributed by atoms with van der Waals surface area (Å²) >= 11 is 0.